The molecule has 0 radical (unpaired) electrons. The highest BCUT2D eigenvalue weighted by atomic mass is 16.5. The number of pyridine rings is 1. The fraction of sp³-hybridized carbons (Fsp3) is 0.583. The number of rotatable bonds is 6. The highest BCUT2D eigenvalue weighted by Crippen LogP contribution is 2.01. The lowest BCUT2D eigenvalue weighted by Gasteiger charge is -2.08. The van der Waals surface area contributed by atoms with Crippen LogP contribution in [0.3, 0.4) is 0 Å². The lowest BCUT2D eigenvalue weighted by atomic mass is 10.3. The zero-order chi connectivity index (χ0) is 11.1. The summed E-state index contributed by atoms with van der Waals surface area (Å²) in [5, 5.41) is 3.34. The van der Waals surface area contributed by atoms with Crippen LogP contribution >= 0.6 is 0 Å². The van der Waals surface area contributed by atoms with Crippen molar-refractivity contribution in [1.29, 1.82) is 0 Å². The van der Waals surface area contributed by atoms with Gasteiger partial charge in [0.15, 0.2) is 0 Å². The molecule has 0 aliphatic carbocycles. The maximum absolute atomic E-state index is 5.32. The highest BCUT2D eigenvalue weighted by molar-refractivity contribution is 5.10. The average Bonchev–Trinajstić information content (AvgIpc) is 2.24. The molecule has 0 spiro atoms. The van der Waals surface area contributed by atoms with Crippen LogP contribution in [-0.4, -0.2) is 17.6 Å². The first-order chi connectivity index (χ1) is 7.22. The second-order valence-corrected chi connectivity index (χ2v) is 3.79. The Balaban J connectivity index is 2.50. The number of ether oxygens (including phenoxy) is 1. The summed E-state index contributed by atoms with van der Waals surface area (Å²) in [6.07, 6.45) is 0. The summed E-state index contributed by atoms with van der Waals surface area (Å²) >= 11 is 0. The van der Waals surface area contributed by atoms with Gasteiger partial charge >= 0.3 is 0 Å². The minimum Gasteiger partial charge on any atom is -0.375 e. The number of hydrogen-bond donors (Lipinski definition) is 1. The molecule has 1 aromatic heterocycles. The van der Waals surface area contributed by atoms with E-state index in [4.69, 9.17) is 4.74 Å². The van der Waals surface area contributed by atoms with Crippen molar-refractivity contribution >= 4 is 0 Å². The van der Waals surface area contributed by atoms with E-state index in [1.54, 1.807) is 0 Å². The number of nitrogens with one attached hydrogen (secondary N) is 1. The maximum Gasteiger partial charge on any atom is 0.0887 e. The molecular weight excluding hydrogens is 188 g/mol. The van der Waals surface area contributed by atoms with E-state index in [0.29, 0.717) is 12.6 Å². The SMILES string of the molecule is CCOCc1cccc(CNC(C)C)n1. The largest absolute Gasteiger partial charge is 0.375 e. The zero-order valence-electron chi connectivity index (χ0n) is 9.79. The number of nitrogens with zero attached hydrogens (tertiary/aromatic N) is 1. The molecule has 1 aromatic rings. The van der Waals surface area contributed by atoms with Crippen LogP contribution in [0.2, 0.25) is 0 Å². The van der Waals surface area contributed by atoms with Gasteiger partial charge in [0.2, 0.25) is 0 Å². The van der Waals surface area contributed by atoms with Crippen molar-refractivity contribution in [3.63, 3.8) is 0 Å². The molecule has 1 N–H and O–H groups in total. The monoisotopic (exact) mass is 208 g/mol. The van der Waals surface area contributed by atoms with Crippen molar-refractivity contribution in [2.45, 2.75) is 40.0 Å². The second kappa shape index (κ2) is 6.53. The second-order valence-electron chi connectivity index (χ2n) is 3.79. The Labute approximate surface area is 91.9 Å². The quantitative estimate of drug-likeness (QED) is 0.777. The Morgan fingerprint density at radius 2 is 2.07 bits per heavy atom. The summed E-state index contributed by atoms with van der Waals surface area (Å²) in [5.74, 6) is 0. The van der Waals surface area contributed by atoms with Gasteiger partial charge in [-0.25, -0.2) is 0 Å². The average molecular weight is 208 g/mol. The van der Waals surface area contributed by atoms with Gasteiger partial charge in [0.1, 0.15) is 0 Å². The van der Waals surface area contributed by atoms with Crippen LogP contribution in [0, 0.1) is 0 Å². The lowest BCUT2D eigenvalue weighted by Crippen LogP contribution is -2.22. The van der Waals surface area contributed by atoms with Gasteiger partial charge in [-0.15, -0.1) is 0 Å². The van der Waals surface area contributed by atoms with Crippen LogP contribution in [-0.2, 0) is 17.9 Å². The summed E-state index contributed by atoms with van der Waals surface area (Å²) in [6, 6.07) is 6.54. The van der Waals surface area contributed by atoms with Crippen LogP contribution in [0.4, 0.5) is 0 Å². The summed E-state index contributed by atoms with van der Waals surface area (Å²) in [4.78, 5) is 4.49. The Kier molecular flexibility index (Phi) is 5.29. The molecule has 0 atom stereocenters. The zero-order valence-corrected chi connectivity index (χ0v) is 9.79. The van der Waals surface area contributed by atoms with Crippen LogP contribution in [0.15, 0.2) is 18.2 Å². The van der Waals surface area contributed by atoms with Crippen LogP contribution in [0.25, 0.3) is 0 Å². The minimum atomic E-state index is 0.488. The van der Waals surface area contributed by atoms with Crippen molar-refractivity contribution < 1.29 is 4.74 Å². The van der Waals surface area contributed by atoms with Gasteiger partial charge in [-0.3, -0.25) is 4.98 Å². The number of aromatic nitrogens is 1. The normalized spacial score (nSPS) is 10.9. The molecule has 0 fully saturated rings. The molecule has 0 aromatic carbocycles. The first-order valence-corrected chi connectivity index (χ1v) is 5.48. The molecule has 1 rings (SSSR count). The van der Waals surface area contributed by atoms with Gasteiger partial charge in [-0.1, -0.05) is 19.9 Å². The molecule has 3 nitrogen and oxygen atoms in total. The topological polar surface area (TPSA) is 34.1 Å². The Bertz CT molecular complexity index is 287. The fourth-order valence-electron chi connectivity index (χ4n) is 1.22. The summed E-state index contributed by atoms with van der Waals surface area (Å²) < 4.78 is 5.32. The molecule has 0 bridgehead atoms. The summed E-state index contributed by atoms with van der Waals surface area (Å²) in [5.41, 5.74) is 2.07. The van der Waals surface area contributed by atoms with Crippen LogP contribution in [0.1, 0.15) is 32.2 Å². The van der Waals surface area contributed by atoms with Crippen LogP contribution in [0.5, 0.6) is 0 Å². The third-order valence-electron chi connectivity index (χ3n) is 2.01. The molecule has 3 heteroatoms. The molecule has 0 amide bonds. The van der Waals surface area contributed by atoms with E-state index in [2.05, 4.69) is 24.1 Å². The fourth-order valence-corrected chi connectivity index (χ4v) is 1.22. The Hall–Kier alpha value is -0.930. The third kappa shape index (κ3) is 4.91. The predicted octanol–water partition coefficient (Wildman–Crippen LogP) is 2.12. The first kappa shape index (κ1) is 12.1. The third-order valence-corrected chi connectivity index (χ3v) is 2.01. The predicted molar refractivity (Wildman–Crippen MR) is 61.5 cm³/mol. The molecule has 0 aliphatic heterocycles. The summed E-state index contributed by atoms with van der Waals surface area (Å²) in [6.45, 7) is 8.40. The van der Waals surface area contributed by atoms with E-state index in [-0.39, 0.29) is 0 Å². The van der Waals surface area contributed by atoms with Crippen molar-refractivity contribution in [1.82, 2.24) is 10.3 Å². The van der Waals surface area contributed by atoms with Gasteiger partial charge in [0.25, 0.3) is 0 Å². The summed E-state index contributed by atoms with van der Waals surface area (Å²) in [7, 11) is 0. The molecule has 84 valence electrons. The molecule has 0 saturated carbocycles. The van der Waals surface area contributed by atoms with E-state index < -0.39 is 0 Å². The minimum absolute atomic E-state index is 0.488. The van der Waals surface area contributed by atoms with E-state index in [9.17, 15) is 0 Å². The van der Waals surface area contributed by atoms with Crippen molar-refractivity contribution in [2.75, 3.05) is 6.61 Å². The molecule has 0 saturated heterocycles. The standard InChI is InChI=1S/C12H20N2O/c1-4-15-9-12-7-5-6-11(14-12)8-13-10(2)3/h5-7,10,13H,4,8-9H2,1-3H3. The van der Waals surface area contributed by atoms with E-state index in [1.165, 1.54) is 0 Å². The Morgan fingerprint density at radius 1 is 1.33 bits per heavy atom. The first-order valence-electron chi connectivity index (χ1n) is 5.48. The number of hydrogen-bond acceptors (Lipinski definition) is 3. The van der Waals surface area contributed by atoms with Gasteiger partial charge in [0.05, 0.1) is 18.0 Å². The lowest BCUT2D eigenvalue weighted by molar-refractivity contribution is 0.131. The molecule has 0 unspecified atom stereocenters. The molecule has 0 aliphatic rings. The van der Waals surface area contributed by atoms with Crippen molar-refractivity contribution in [2.24, 2.45) is 0 Å². The Morgan fingerprint density at radius 3 is 2.73 bits per heavy atom. The molecular formula is C12H20N2O. The highest BCUT2D eigenvalue weighted by Gasteiger charge is 1.99. The maximum atomic E-state index is 5.32. The van der Waals surface area contributed by atoms with E-state index >= 15 is 0 Å². The van der Waals surface area contributed by atoms with Gasteiger partial charge in [-0.2, -0.15) is 0 Å². The van der Waals surface area contributed by atoms with Crippen LogP contribution < -0.4 is 5.32 Å². The van der Waals surface area contributed by atoms with Crippen molar-refractivity contribution in [3.05, 3.63) is 29.6 Å². The van der Waals surface area contributed by atoms with E-state index in [1.807, 2.05) is 25.1 Å². The van der Waals surface area contributed by atoms with E-state index in [0.717, 1.165) is 24.5 Å². The van der Waals surface area contributed by atoms with Gasteiger partial charge < -0.3 is 10.1 Å². The molecule has 15 heavy (non-hydrogen) atoms. The van der Waals surface area contributed by atoms with Crippen molar-refractivity contribution in [3.8, 4) is 0 Å². The molecule has 1 heterocycles. The van der Waals surface area contributed by atoms with Gasteiger partial charge in [0, 0.05) is 19.2 Å². The smallest absolute Gasteiger partial charge is 0.0887 e. The van der Waals surface area contributed by atoms with Gasteiger partial charge in [-0.05, 0) is 19.1 Å².